The molecule has 1 aliphatic heterocycles. The maximum atomic E-state index is 12.3. The number of carbonyl (C=O) groups is 2. The van der Waals surface area contributed by atoms with Gasteiger partial charge in [-0.1, -0.05) is 15.9 Å². The number of rotatable bonds is 3. The molecule has 5 heteroatoms. The van der Waals surface area contributed by atoms with Crippen molar-refractivity contribution in [3.63, 3.8) is 0 Å². The molecule has 0 saturated carbocycles. The van der Waals surface area contributed by atoms with Crippen molar-refractivity contribution in [3.8, 4) is 5.75 Å². The third-order valence-corrected chi connectivity index (χ3v) is 3.42. The quantitative estimate of drug-likeness (QED) is 0.869. The summed E-state index contributed by atoms with van der Waals surface area (Å²) in [5, 5.41) is 2.90. The molecule has 2 rings (SSSR count). The van der Waals surface area contributed by atoms with Crippen LogP contribution in [0.5, 0.6) is 5.75 Å². The van der Waals surface area contributed by atoms with Crippen molar-refractivity contribution in [3.05, 3.63) is 40.5 Å². The van der Waals surface area contributed by atoms with E-state index in [-0.39, 0.29) is 18.0 Å². The van der Waals surface area contributed by atoms with Crippen molar-refractivity contribution in [1.82, 2.24) is 5.32 Å². The summed E-state index contributed by atoms with van der Waals surface area (Å²) in [5.74, 6) is 0.434. The van der Waals surface area contributed by atoms with E-state index < -0.39 is 6.04 Å². The fraction of sp³-hybridized carbons (Fsp3) is 0.231. The van der Waals surface area contributed by atoms with Crippen molar-refractivity contribution in [2.24, 2.45) is 0 Å². The molecular weight excluding hydrogens is 298 g/mol. The zero-order valence-corrected chi connectivity index (χ0v) is 11.4. The molecule has 94 valence electrons. The molecule has 0 fully saturated rings. The van der Waals surface area contributed by atoms with E-state index in [1.165, 1.54) is 12.3 Å². The van der Waals surface area contributed by atoms with E-state index in [0.717, 1.165) is 0 Å². The molecule has 0 aliphatic carbocycles. The minimum Gasteiger partial charge on any atom is -0.497 e. The molecule has 0 spiro atoms. The summed E-state index contributed by atoms with van der Waals surface area (Å²) in [6.07, 6.45) is 3.13. The average Bonchev–Trinajstić information content (AvgIpc) is 2.38. The number of ketones is 2. The van der Waals surface area contributed by atoms with Crippen molar-refractivity contribution in [1.29, 1.82) is 0 Å². The number of ether oxygens (including phenoxy) is 1. The number of Topliss-reactive ketones (excluding diaryl/α,β-unsaturated/α-hetero) is 1. The summed E-state index contributed by atoms with van der Waals surface area (Å²) < 4.78 is 5.79. The Labute approximate surface area is 113 Å². The van der Waals surface area contributed by atoms with E-state index in [1.807, 2.05) is 0 Å². The van der Waals surface area contributed by atoms with Gasteiger partial charge in [-0.25, -0.2) is 0 Å². The Kier molecular flexibility index (Phi) is 3.81. The van der Waals surface area contributed by atoms with Crippen LogP contribution in [0.25, 0.3) is 0 Å². The van der Waals surface area contributed by atoms with Crippen LogP contribution >= 0.6 is 15.9 Å². The Morgan fingerprint density at radius 2 is 2.28 bits per heavy atom. The first-order chi connectivity index (χ1) is 8.61. The first kappa shape index (κ1) is 12.8. The van der Waals surface area contributed by atoms with E-state index in [0.29, 0.717) is 15.8 Å². The monoisotopic (exact) mass is 309 g/mol. The number of halogens is 1. The highest BCUT2D eigenvalue weighted by atomic mass is 79.9. The van der Waals surface area contributed by atoms with Gasteiger partial charge in [0.05, 0.1) is 13.2 Å². The molecule has 1 atom stereocenters. The molecule has 0 radical (unpaired) electrons. The van der Waals surface area contributed by atoms with Crippen LogP contribution in [0.1, 0.15) is 16.8 Å². The SMILES string of the molecule is COc1ccc(Br)c(C(=O)C2CC(=O)C=CN2)c1. The number of allylic oxidation sites excluding steroid dienone is 1. The zero-order valence-electron chi connectivity index (χ0n) is 9.77. The molecule has 1 N–H and O–H groups in total. The first-order valence-corrected chi connectivity index (χ1v) is 6.24. The molecule has 1 aliphatic rings. The largest absolute Gasteiger partial charge is 0.497 e. The number of nitrogens with one attached hydrogen (secondary N) is 1. The minimum atomic E-state index is -0.508. The normalized spacial score (nSPS) is 18.3. The van der Waals surface area contributed by atoms with Gasteiger partial charge in [0.25, 0.3) is 0 Å². The Morgan fingerprint density at radius 1 is 1.50 bits per heavy atom. The summed E-state index contributed by atoms with van der Waals surface area (Å²) in [6.45, 7) is 0. The van der Waals surface area contributed by atoms with Crippen LogP contribution in [-0.2, 0) is 4.79 Å². The maximum Gasteiger partial charge on any atom is 0.186 e. The molecule has 18 heavy (non-hydrogen) atoms. The molecule has 1 heterocycles. The van der Waals surface area contributed by atoms with E-state index in [9.17, 15) is 9.59 Å². The second-order valence-electron chi connectivity index (χ2n) is 3.93. The van der Waals surface area contributed by atoms with Crippen molar-refractivity contribution in [2.45, 2.75) is 12.5 Å². The van der Waals surface area contributed by atoms with Crippen molar-refractivity contribution < 1.29 is 14.3 Å². The predicted molar refractivity (Wildman–Crippen MR) is 70.7 cm³/mol. The van der Waals surface area contributed by atoms with Crippen LogP contribution < -0.4 is 10.1 Å². The van der Waals surface area contributed by atoms with Gasteiger partial charge in [-0.3, -0.25) is 9.59 Å². The third kappa shape index (κ3) is 2.61. The Balaban J connectivity index is 2.28. The molecule has 4 nitrogen and oxygen atoms in total. The highest BCUT2D eigenvalue weighted by Crippen LogP contribution is 2.24. The maximum absolute atomic E-state index is 12.3. The van der Waals surface area contributed by atoms with Crippen LogP contribution in [0.4, 0.5) is 0 Å². The second kappa shape index (κ2) is 5.35. The molecule has 0 saturated heterocycles. The smallest absolute Gasteiger partial charge is 0.186 e. The molecule has 0 amide bonds. The standard InChI is InChI=1S/C13H12BrNO3/c1-18-9-2-3-11(14)10(7-9)13(17)12-6-8(16)4-5-15-12/h2-5,7,12,15H,6H2,1H3. The van der Waals surface area contributed by atoms with E-state index in [1.54, 1.807) is 25.3 Å². The van der Waals surface area contributed by atoms with Gasteiger partial charge < -0.3 is 10.1 Å². The lowest BCUT2D eigenvalue weighted by Gasteiger charge is -2.19. The summed E-state index contributed by atoms with van der Waals surface area (Å²) in [7, 11) is 1.54. The van der Waals surface area contributed by atoms with Crippen molar-refractivity contribution in [2.75, 3.05) is 7.11 Å². The molecule has 1 aromatic rings. The average molecular weight is 310 g/mol. The van der Waals surface area contributed by atoms with E-state index in [2.05, 4.69) is 21.2 Å². The Bertz CT molecular complexity index is 525. The number of carbonyl (C=O) groups excluding carboxylic acids is 2. The van der Waals surface area contributed by atoms with Crippen LogP contribution in [0.3, 0.4) is 0 Å². The zero-order chi connectivity index (χ0) is 13.1. The van der Waals surface area contributed by atoms with E-state index >= 15 is 0 Å². The lowest BCUT2D eigenvalue weighted by Crippen LogP contribution is -2.38. The summed E-state index contributed by atoms with van der Waals surface area (Å²) in [5.41, 5.74) is 0.509. The molecule has 1 unspecified atom stereocenters. The van der Waals surface area contributed by atoms with Crippen LogP contribution in [0.15, 0.2) is 34.9 Å². The summed E-state index contributed by atoms with van der Waals surface area (Å²) >= 11 is 3.33. The molecule has 0 bridgehead atoms. The molecule has 1 aromatic carbocycles. The van der Waals surface area contributed by atoms with Crippen molar-refractivity contribution >= 4 is 27.5 Å². The number of methoxy groups -OCH3 is 1. The van der Waals surface area contributed by atoms with Gasteiger partial charge in [-0.05, 0) is 24.3 Å². The summed E-state index contributed by atoms with van der Waals surface area (Å²) in [6, 6.07) is 4.68. The lowest BCUT2D eigenvalue weighted by molar-refractivity contribution is -0.115. The van der Waals surface area contributed by atoms with Gasteiger partial charge in [-0.2, -0.15) is 0 Å². The minimum absolute atomic E-state index is 0.0499. The fourth-order valence-corrected chi connectivity index (χ4v) is 2.20. The molecule has 0 aromatic heterocycles. The Hall–Kier alpha value is -1.62. The van der Waals surface area contributed by atoms with Gasteiger partial charge in [0.1, 0.15) is 5.75 Å². The van der Waals surface area contributed by atoms with Crippen LogP contribution in [-0.4, -0.2) is 24.7 Å². The van der Waals surface area contributed by atoms with E-state index in [4.69, 9.17) is 4.74 Å². The lowest BCUT2D eigenvalue weighted by atomic mass is 9.98. The van der Waals surface area contributed by atoms with Gasteiger partial charge in [0, 0.05) is 22.7 Å². The number of benzene rings is 1. The molecular formula is C13H12BrNO3. The second-order valence-corrected chi connectivity index (χ2v) is 4.79. The fourth-order valence-electron chi connectivity index (χ4n) is 1.76. The van der Waals surface area contributed by atoms with Gasteiger partial charge in [0.15, 0.2) is 11.6 Å². The van der Waals surface area contributed by atoms with Crippen LogP contribution in [0, 0.1) is 0 Å². The number of hydrogen-bond acceptors (Lipinski definition) is 4. The highest BCUT2D eigenvalue weighted by molar-refractivity contribution is 9.10. The topological polar surface area (TPSA) is 55.4 Å². The Morgan fingerprint density at radius 3 is 2.94 bits per heavy atom. The first-order valence-electron chi connectivity index (χ1n) is 5.45. The van der Waals surface area contributed by atoms with Gasteiger partial charge >= 0.3 is 0 Å². The van der Waals surface area contributed by atoms with Gasteiger partial charge in [0.2, 0.25) is 0 Å². The number of hydrogen-bond donors (Lipinski definition) is 1. The van der Waals surface area contributed by atoms with Gasteiger partial charge in [-0.15, -0.1) is 0 Å². The van der Waals surface area contributed by atoms with Crippen LogP contribution in [0.2, 0.25) is 0 Å². The third-order valence-electron chi connectivity index (χ3n) is 2.73. The summed E-state index contributed by atoms with van der Waals surface area (Å²) in [4.78, 5) is 23.6. The highest BCUT2D eigenvalue weighted by Gasteiger charge is 2.25. The predicted octanol–water partition coefficient (Wildman–Crippen LogP) is 2.09.